The molecule has 5 heteroatoms. The topological polar surface area (TPSA) is 51.2 Å². The number of para-hydroxylation sites is 2. The van der Waals surface area contributed by atoms with Crippen molar-refractivity contribution in [3.05, 3.63) is 66.1 Å². The van der Waals surface area contributed by atoms with Gasteiger partial charge in [-0.05, 0) is 24.3 Å². The second-order valence-corrected chi connectivity index (χ2v) is 4.65. The van der Waals surface area contributed by atoms with Gasteiger partial charge in [-0.15, -0.1) is 0 Å². The lowest BCUT2D eigenvalue weighted by molar-refractivity contribution is 0.102. The highest BCUT2D eigenvalue weighted by Gasteiger charge is 2.13. The van der Waals surface area contributed by atoms with Gasteiger partial charge in [0.1, 0.15) is 17.1 Å². The van der Waals surface area contributed by atoms with Gasteiger partial charge in [-0.3, -0.25) is 9.78 Å². The van der Waals surface area contributed by atoms with Crippen LogP contribution in [0, 0.1) is 5.82 Å². The molecule has 3 aromatic rings. The number of carbonyl (C=O) groups excluding carboxylic acids is 1. The van der Waals surface area contributed by atoms with E-state index in [4.69, 9.17) is 4.74 Å². The first-order chi connectivity index (χ1) is 10.7. The Bertz CT molecular complexity index is 849. The first-order valence-electron chi connectivity index (χ1n) is 6.68. The Kier molecular flexibility index (Phi) is 3.70. The molecule has 1 N–H and O–H groups in total. The van der Waals surface area contributed by atoms with Crippen LogP contribution in [0.2, 0.25) is 0 Å². The Labute approximate surface area is 126 Å². The van der Waals surface area contributed by atoms with Gasteiger partial charge in [-0.2, -0.15) is 0 Å². The molecule has 0 atom stereocenters. The molecular weight excluding hydrogens is 283 g/mol. The molecule has 1 amide bonds. The molecule has 3 rings (SSSR count). The summed E-state index contributed by atoms with van der Waals surface area (Å²) in [5.74, 6) is -0.273. The molecule has 22 heavy (non-hydrogen) atoms. The number of methoxy groups -OCH3 is 1. The van der Waals surface area contributed by atoms with Gasteiger partial charge in [0.15, 0.2) is 0 Å². The average Bonchev–Trinajstić information content (AvgIpc) is 2.55. The van der Waals surface area contributed by atoms with Crippen LogP contribution in [0.4, 0.5) is 10.1 Å². The third-order valence-corrected chi connectivity index (χ3v) is 3.32. The van der Waals surface area contributed by atoms with Crippen molar-refractivity contribution < 1.29 is 13.9 Å². The molecule has 0 saturated heterocycles. The summed E-state index contributed by atoms with van der Waals surface area (Å²) in [7, 11) is 1.50. The third-order valence-electron chi connectivity index (χ3n) is 3.32. The Balaban J connectivity index is 2.00. The summed E-state index contributed by atoms with van der Waals surface area (Å²) in [5.41, 5.74) is 1.13. The van der Waals surface area contributed by atoms with Crippen molar-refractivity contribution in [2.24, 2.45) is 0 Å². The molecule has 0 saturated carbocycles. The van der Waals surface area contributed by atoms with E-state index in [-0.39, 0.29) is 11.4 Å². The van der Waals surface area contributed by atoms with Crippen LogP contribution in [0.25, 0.3) is 10.9 Å². The summed E-state index contributed by atoms with van der Waals surface area (Å²) in [6.07, 6.45) is 1.46. The molecule has 0 unspecified atom stereocenters. The lowest BCUT2D eigenvalue weighted by Gasteiger charge is -2.11. The number of fused-ring (bicyclic) bond motifs is 1. The van der Waals surface area contributed by atoms with Crippen molar-refractivity contribution >= 4 is 22.5 Å². The van der Waals surface area contributed by atoms with Crippen LogP contribution in [0.3, 0.4) is 0 Å². The minimum absolute atomic E-state index is 0.223. The number of halogens is 1. The lowest BCUT2D eigenvalue weighted by Crippen LogP contribution is -2.13. The van der Waals surface area contributed by atoms with Crippen molar-refractivity contribution in [2.45, 2.75) is 0 Å². The van der Waals surface area contributed by atoms with Gasteiger partial charge in [-0.25, -0.2) is 4.39 Å². The predicted molar refractivity (Wildman–Crippen MR) is 82.6 cm³/mol. The molecule has 2 aromatic carbocycles. The largest absolute Gasteiger partial charge is 0.496 e. The van der Waals surface area contributed by atoms with E-state index >= 15 is 0 Å². The lowest BCUT2D eigenvalue weighted by atomic mass is 10.1. The smallest absolute Gasteiger partial charge is 0.259 e. The number of nitrogens with one attached hydrogen (secondary N) is 1. The molecular formula is C17H13FN2O2. The Hall–Kier alpha value is -2.95. The van der Waals surface area contributed by atoms with Gasteiger partial charge in [0.25, 0.3) is 5.91 Å². The Morgan fingerprint density at radius 2 is 1.95 bits per heavy atom. The molecule has 0 radical (unpaired) electrons. The van der Waals surface area contributed by atoms with Gasteiger partial charge in [0.2, 0.25) is 0 Å². The predicted octanol–water partition coefficient (Wildman–Crippen LogP) is 3.63. The summed E-state index contributed by atoms with van der Waals surface area (Å²) in [4.78, 5) is 16.4. The van der Waals surface area contributed by atoms with Crippen molar-refractivity contribution in [1.82, 2.24) is 4.98 Å². The highest BCUT2D eigenvalue weighted by atomic mass is 19.1. The van der Waals surface area contributed by atoms with E-state index in [9.17, 15) is 9.18 Å². The summed E-state index contributed by atoms with van der Waals surface area (Å²) < 4.78 is 18.9. The summed E-state index contributed by atoms with van der Waals surface area (Å²) in [5, 5.41) is 3.32. The van der Waals surface area contributed by atoms with Crippen molar-refractivity contribution in [1.29, 1.82) is 0 Å². The van der Waals surface area contributed by atoms with E-state index in [1.807, 2.05) is 0 Å². The summed E-state index contributed by atoms with van der Waals surface area (Å²) >= 11 is 0. The maximum atomic E-state index is 13.8. The summed E-state index contributed by atoms with van der Waals surface area (Å²) in [6, 6.07) is 13.2. The molecule has 0 bridgehead atoms. The maximum Gasteiger partial charge on any atom is 0.259 e. The van der Waals surface area contributed by atoms with Crippen LogP contribution >= 0.6 is 0 Å². The third kappa shape index (κ3) is 2.48. The number of nitrogens with zero attached hydrogens (tertiary/aromatic N) is 1. The number of anilines is 1. The number of ether oxygens (including phenoxy) is 1. The SMILES string of the molecule is COc1ccccc1C(=O)Nc1ccnc2c(F)cccc12. The first kappa shape index (κ1) is 14.0. The van der Waals surface area contributed by atoms with E-state index < -0.39 is 5.82 Å². The number of amides is 1. The zero-order valence-electron chi connectivity index (χ0n) is 11.8. The standard InChI is InChI=1S/C17H13FN2O2/c1-22-15-8-3-2-5-12(15)17(21)20-14-9-10-19-16-11(14)6-4-7-13(16)18/h2-10H,1H3,(H,19,20,21). The van der Waals surface area contributed by atoms with Gasteiger partial charge in [0, 0.05) is 11.6 Å². The highest BCUT2D eigenvalue weighted by Crippen LogP contribution is 2.25. The number of aromatic nitrogens is 1. The fourth-order valence-electron chi connectivity index (χ4n) is 2.27. The zero-order valence-corrected chi connectivity index (χ0v) is 11.8. The zero-order chi connectivity index (χ0) is 15.5. The fourth-order valence-corrected chi connectivity index (χ4v) is 2.27. The molecule has 4 nitrogen and oxygen atoms in total. The van der Waals surface area contributed by atoms with Crippen LogP contribution in [0.1, 0.15) is 10.4 Å². The van der Waals surface area contributed by atoms with Gasteiger partial charge >= 0.3 is 0 Å². The second kappa shape index (κ2) is 5.81. The molecule has 0 aliphatic rings. The number of benzene rings is 2. The normalized spacial score (nSPS) is 10.5. The first-order valence-corrected chi connectivity index (χ1v) is 6.68. The highest BCUT2D eigenvalue weighted by molar-refractivity contribution is 6.09. The molecule has 0 aliphatic heterocycles. The van der Waals surface area contributed by atoms with Crippen LogP contribution < -0.4 is 10.1 Å². The van der Waals surface area contributed by atoms with Crippen molar-refractivity contribution in [2.75, 3.05) is 12.4 Å². The van der Waals surface area contributed by atoms with Crippen LogP contribution in [0.15, 0.2) is 54.7 Å². The Morgan fingerprint density at radius 1 is 1.14 bits per heavy atom. The molecule has 110 valence electrons. The van der Waals surface area contributed by atoms with E-state index in [0.717, 1.165) is 0 Å². The van der Waals surface area contributed by atoms with E-state index in [2.05, 4.69) is 10.3 Å². The van der Waals surface area contributed by atoms with Crippen molar-refractivity contribution in [3.8, 4) is 5.75 Å². The average molecular weight is 296 g/mol. The molecule has 0 fully saturated rings. The second-order valence-electron chi connectivity index (χ2n) is 4.65. The fraction of sp³-hybridized carbons (Fsp3) is 0.0588. The van der Waals surface area contributed by atoms with E-state index in [1.54, 1.807) is 42.5 Å². The maximum absolute atomic E-state index is 13.8. The minimum atomic E-state index is -0.425. The van der Waals surface area contributed by atoms with Crippen molar-refractivity contribution in [3.63, 3.8) is 0 Å². The molecule has 0 aliphatic carbocycles. The van der Waals surface area contributed by atoms with Gasteiger partial charge < -0.3 is 10.1 Å². The minimum Gasteiger partial charge on any atom is -0.496 e. The quantitative estimate of drug-likeness (QED) is 0.803. The molecule has 1 aromatic heterocycles. The summed E-state index contributed by atoms with van der Waals surface area (Å²) in [6.45, 7) is 0. The van der Waals surface area contributed by atoms with Crippen LogP contribution in [0.5, 0.6) is 5.75 Å². The number of rotatable bonds is 3. The number of carbonyl (C=O) groups is 1. The molecule has 0 spiro atoms. The monoisotopic (exact) mass is 296 g/mol. The van der Waals surface area contributed by atoms with Crippen LogP contribution in [-0.4, -0.2) is 18.0 Å². The number of pyridine rings is 1. The Morgan fingerprint density at radius 3 is 2.77 bits per heavy atom. The number of hydrogen-bond acceptors (Lipinski definition) is 3. The van der Waals surface area contributed by atoms with Gasteiger partial charge in [-0.1, -0.05) is 24.3 Å². The number of hydrogen-bond donors (Lipinski definition) is 1. The van der Waals surface area contributed by atoms with Gasteiger partial charge in [0.05, 0.1) is 18.4 Å². The van der Waals surface area contributed by atoms with Crippen LogP contribution in [-0.2, 0) is 0 Å². The van der Waals surface area contributed by atoms with E-state index in [1.165, 1.54) is 19.4 Å². The molecule has 1 heterocycles. The van der Waals surface area contributed by atoms with E-state index in [0.29, 0.717) is 22.4 Å².